The molecule has 604 valence electrons. The molecule has 3 rings (SSSR count). The van der Waals surface area contributed by atoms with Gasteiger partial charge in [-0.15, -0.1) is 0 Å². The second-order valence-corrected chi connectivity index (χ2v) is 30.3. The molecule has 0 aromatic heterocycles. The molecule has 19 heteroatoms. The van der Waals surface area contributed by atoms with Crippen LogP contribution in [-0.2, 0) is 33.2 Å². The van der Waals surface area contributed by atoms with E-state index in [4.69, 9.17) is 28.4 Å². The van der Waals surface area contributed by atoms with Crippen LogP contribution in [0, 0.1) is 0 Å². The van der Waals surface area contributed by atoms with Crippen molar-refractivity contribution in [2.45, 2.75) is 452 Å². The number of carbonyl (C=O) groups excluding carboxylic acids is 1. The van der Waals surface area contributed by atoms with Crippen LogP contribution in [-0.4, -0.2) is 193 Å². The Kier molecular flexibility index (Phi) is 59.5. The van der Waals surface area contributed by atoms with Gasteiger partial charge in [-0.3, -0.25) is 4.79 Å². The van der Waals surface area contributed by atoms with Gasteiger partial charge in [0.25, 0.3) is 0 Å². The minimum atomic E-state index is -1.98. The summed E-state index contributed by atoms with van der Waals surface area (Å²) in [7, 11) is 0. The molecule has 103 heavy (non-hydrogen) atoms. The molecule has 12 N–H and O–H groups in total. The van der Waals surface area contributed by atoms with E-state index in [1.807, 2.05) is 6.08 Å². The maximum absolute atomic E-state index is 13.5. The number of carbonyl (C=O) groups is 1. The van der Waals surface area contributed by atoms with Gasteiger partial charge in [0.05, 0.1) is 38.6 Å². The highest BCUT2D eigenvalue weighted by Gasteiger charge is 2.54. The van der Waals surface area contributed by atoms with E-state index in [0.717, 1.165) is 44.9 Å². The van der Waals surface area contributed by atoms with Crippen LogP contribution >= 0.6 is 0 Å². The van der Waals surface area contributed by atoms with E-state index in [-0.39, 0.29) is 18.9 Å². The molecule has 0 radical (unpaired) electrons. The lowest BCUT2D eigenvalue weighted by Crippen LogP contribution is -2.66. The first-order chi connectivity index (χ1) is 50.3. The highest BCUT2D eigenvalue weighted by Crippen LogP contribution is 2.33. The molecule has 0 aromatic carbocycles. The number of aliphatic hydroxyl groups excluding tert-OH is 11. The first kappa shape index (κ1) is 95.0. The van der Waals surface area contributed by atoms with Gasteiger partial charge >= 0.3 is 0 Å². The largest absolute Gasteiger partial charge is 0.394 e. The molecule has 0 saturated carbocycles. The van der Waals surface area contributed by atoms with Crippen LogP contribution in [0.5, 0.6) is 0 Å². The third-order valence-corrected chi connectivity index (χ3v) is 21.1. The summed E-state index contributed by atoms with van der Waals surface area (Å²) in [6.07, 6.45) is 55.4. The van der Waals surface area contributed by atoms with Crippen molar-refractivity contribution in [2.24, 2.45) is 0 Å². The van der Waals surface area contributed by atoms with Crippen molar-refractivity contribution < 1.29 is 89.4 Å². The van der Waals surface area contributed by atoms with Crippen LogP contribution in [0.25, 0.3) is 0 Å². The van der Waals surface area contributed by atoms with Crippen LogP contribution in [0.4, 0.5) is 0 Å². The van der Waals surface area contributed by atoms with Gasteiger partial charge in [0.1, 0.15) is 73.2 Å². The van der Waals surface area contributed by atoms with Crippen molar-refractivity contribution in [3.63, 3.8) is 0 Å². The molecule has 0 spiro atoms. The predicted octanol–water partition coefficient (Wildman–Crippen LogP) is 14.8. The van der Waals surface area contributed by atoms with E-state index < -0.39 is 124 Å². The van der Waals surface area contributed by atoms with Crippen molar-refractivity contribution >= 4 is 5.91 Å². The maximum atomic E-state index is 13.5. The molecule has 3 aliphatic heterocycles. The molecule has 19 nitrogen and oxygen atoms in total. The fourth-order valence-electron chi connectivity index (χ4n) is 14.3. The molecular weight excluding hydrogens is 1310 g/mol. The number of ether oxygens (including phenoxy) is 6. The molecule has 0 bridgehead atoms. The highest BCUT2D eigenvalue weighted by molar-refractivity contribution is 5.76. The SMILES string of the molecule is CCCCCCC/C=C\C/C=C\CCCCCCCCCCCCCCCCCCCCCCCC(=O)NC(COC1OC(CO)C(OC2OC(CO)C(OC3OC(CO)C(O)C(O)C3O)C(O)C2O)C(O)C1O)C(O)/C=C/CC/C=C/CCCCCCCCCCCCCCCCCCCCC. The molecule has 17 unspecified atom stereocenters. The number of rotatable bonds is 68. The molecule has 3 fully saturated rings. The van der Waals surface area contributed by atoms with Gasteiger partial charge < -0.3 is 89.9 Å². The van der Waals surface area contributed by atoms with Crippen molar-refractivity contribution in [3.05, 3.63) is 48.6 Å². The molecule has 17 atom stereocenters. The number of aliphatic hydroxyl groups is 11. The van der Waals surface area contributed by atoms with Crippen LogP contribution in [0.2, 0.25) is 0 Å². The van der Waals surface area contributed by atoms with Crippen LogP contribution < -0.4 is 5.32 Å². The standard InChI is InChI=1S/C84H155NO18/c1-3-5-7-9-11-13-15-17-19-21-23-25-27-29-30-31-32-33-34-35-36-38-40-42-44-46-48-50-52-54-56-58-60-62-72(90)85-67(68(89)61-59-57-55-53-51-49-47-45-43-41-39-37-28-26-24-22-20-18-16-14-12-10-8-6-4-2)66-98-82-78(96)75(93)80(70(64-87)100-82)103-84-79(97)76(94)81(71(65-88)101-84)102-83-77(95)74(92)73(91)69(63-86)99-83/h15,17,21,23,51,53,59,61,67-71,73-84,86-89,91-97H,3-14,16,18-20,22,24-50,52,54-58,60,62-66H2,1-2H3,(H,85,90)/b17-15-,23-21-,53-51+,61-59+. The normalized spacial score (nSPS) is 26.2. The molecule has 1 amide bonds. The molecule has 0 aliphatic carbocycles. The minimum absolute atomic E-state index is 0.238. The number of hydrogen-bond donors (Lipinski definition) is 12. The van der Waals surface area contributed by atoms with Gasteiger partial charge in [0.15, 0.2) is 18.9 Å². The van der Waals surface area contributed by atoms with Gasteiger partial charge in [-0.2, -0.15) is 0 Å². The van der Waals surface area contributed by atoms with Crippen molar-refractivity contribution in [1.82, 2.24) is 5.32 Å². The third kappa shape index (κ3) is 44.3. The second-order valence-electron chi connectivity index (χ2n) is 30.3. The number of hydrogen-bond acceptors (Lipinski definition) is 18. The lowest BCUT2D eigenvalue weighted by Gasteiger charge is -2.48. The van der Waals surface area contributed by atoms with Crippen LogP contribution in [0.1, 0.15) is 348 Å². The summed E-state index contributed by atoms with van der Waals surface area (Å²) in [5, 5.41) is 121. The highest BCUT2D eigenvalue weighted by atomic mass is 16.8. The van der Waals surface area contributed by atoms with Crippen molar-refractivity contribution in [3.8, 4) is 0 Å². The Balaban J connectivity index is 1.35. The zero-order chi connectivity index (χ0) is 74.6. The maximum Gasteiger partial charge on any atom is 0.220 e. The number of nitrogens with one attached hydrogen (secondary N) is 1. The first-order valence-electron chi connectivity index (χ1n) is 42.4. The Morgan fingerprint density at radius 3 is 1.03 bits per heavy atom. The summed E-state index contributed by atoms with van der Waals surface area (Å²) in [4.78, 5) is 13.5. The van der Waals surface area contributed by atoms with Crippen molar-refractivity contribution in [1.29, 1.82) is 0 Å². The Hall–Kier alpha value is -2.25. The third-order valence-electron chi connectivity index (χ3n) is 21.1. The van der Waals surface area contributed by atoms with E-state index in [1.54, 1.807) is 6.08 Å². The molecular formula is C84H155NO18. The Bertz CT molecular complexity index is 2050. The number of amides is 1. The Morgan fingerprint density at radius 1 is 0.350 bits per heavy atom. The van der Waals surface area contributed by atoms with E-state index in [0.29, 0.717) is 12.8 Å². The summed E-state index contributed by atoms with van der Waals surface area (Å²) < 4.78 is 34.5. The lowest BCUT2D eigenvalue weighted by molar-refractivity contribution is -0.379. The van der Waals surface area contributed by atoms with Gasteiger partial charge in [0.2, 0.25) is 5.91 Å². The first-order valence-corrected chi connectivity index (χ1v) is 42.4. The van der Waals surface area contributed by atoms with Gasteiger partial charge in [-0.05, 0) is 64.2 Å². The summed E-state index contributed by atoms with van der Waals surface area (Å²) in [6, 6.07) is -0.991. The summed E-state index contributed by atoms with van der Waals surface area (Å²) in [5.74, 6) is -0.279. The fraction of sp³-hybridized carbons (Fsp3) is 0.893. The zero-order valence-corrected chi connectivity index (χ0v) is 64.8. The van der Waals surface area contributed by atoms with E-state index in [1.165, 1.54) is 270 Å². The monoisotopic (exact) mass is 1470 g/mol. The van der Waals surface area contributed by atoms with Crippen LogP contribution in [0.15, 0.2) is 48.6 Å². The average molecular weight is 1470 g/mol. The van der Waals surface area contributed by atoms with E-state index in [2.05, 4.69) is 55.6 Å². The Morgan fingerprint density at radius 2 is 0.650 bits per heavy atom. The molecule has 0 aromatic rings. The fourth-order valence-corrected chi connectivity index (χ4v) is 14.3. The Labute approximate surface area is 624 Å². The van der Waals surface area contributed by atoms with Crippen molar-refractivity contribution in [2.75, 3.05) is 26.4 Å². The topological polar surface area (TPSA) is 307 Å². The lowest BCUT2D eigenvalue weighted by atomic mass is 9.96. The predicted molar refractivity (Wildman–Crippen MR) is 411 cm³/mol. The smallest absolute Gasteiger partial charge is 0.220 e. The molecule has 3 aliphatic rings. The average Bonchev–Trinajstić information content (AvgIpc) is 0.781. The minimum Gasteiger partial charge on any atom is -0.394 e. The van der Waals surface area contributed by atoms with Crippen LogP contribution in [0.3, 0.4) is 0 Å². The van der Waals surface area contributed by atoms with E-state index >= 15 is 0 Å². The van der Waals surface area contributed by atoms with Gasteiger partial charge in [-0.1, -0.05) is 326 Å². The molecule has 3 saturated heterocycles. The molecule has 3 heterocycles. The number of allylic oxidation sites excluding steroid dienone is 7. The van der Waals surface area contributed by atoms with E-state index in [9.17, 15) is 61.0 Å². The number of unbranched alkanes of at least 4 members (excludes halogenated alkanes) is 46. The van der Waals surface area contributed by atoms with Gasteiger partial charge in [0, 0.05) is 6.42 Å². The summed E-state index contributed by atoms with van der Waals surface area (Å²) in [6.45, 7) is 1.76. The van der Waals surface area contributed by atoms with Gasteiger partial charge in [-0.25, -0.2) is 0 Å². The zero-order valence-electron chi connectivity index (χ0n) is 64.8. The summed E-state index contributed by atoms with van der Waals surface area (Å²) in [5.41, 5.74) is 0. The quantitative estimate of drug-likeness (QED) is 0.0199. The summed E-state index contributed by atoms with van der Waals surface area (Å²) >= 11 is 0. The second kappa shape index (κ2) is 64.6.